The maximum Gasteiger partial charge on any atom is 0.0646 e. The summed E-state index contributed by atoms with van der Waals surface area (Å²) in [5.41, 5.74) is 2.10. The number of halogens is 2. The second-order valence-electron chi connectivity index (χ2n) is 4.49. The molecule has 2 nitrogen and oxygen atoms in total. The number of hydrogen-bond donors (Lipinski definition) is 1. The predicted octanol–water partition coefficient (Wildman–Crippen LogP) is 3.91. The van der Waals surface area contributed by atoms with E-state index in [1.54, 1.807) is 7.11 Å². The van der Waals surface area contributed by atoms with Gasteiger partial charge in [0.1, 0.15) is 0 Å². The molecule has 98 valence electrons. The normalized spacial score (nSPS) is 15.5. The molecule has 0 amide bonds. The first-order valence-corrected chi connectivity index (χ1v) is 6.83. The molecule has 0 saturated heterocycles. The molecular formula is C14H17Cl2NO. The molecule has 0 aliphatic heterocycles. The Labute approximate surface area is 118 Å². The highest BCUT2D eigenvalue weighted by Crippen LogP contribution is 2.29. The van der Waals surface area contributed by atoms with E-state index in [4.69, 9.17) is 27.9 Å². The van der Waals surface area contributed by atoms with Crippen LogP contribution in [-0.4, -0.2) is 19.8 Å². The lowest BCUT2D eigenvalue weighted by Gasteiger charge is -2.09. The van der Waals surface area contributed by atoms with Crippen LogP contribution in [0.15, 0.2) is 18.2 Å². The van der Waals surface area contributed by atoms with Gasteiger partial charge in [-0.05, 0) is 36.1 Å². The standard InChI is InChI=1S/C14H17Cl2NO/c1-18-6-2-3-10-7-11(9-17-12-4-5-12)14(16)13(15)8-10/h2-3,7-8,12,17H,4-6,9H2,1H3. The number of nitrogens with one attached hydrogen (secondary N) is 1. The van der Waals surface area contributed by atoms with Crippen LogP contribution in [0, 0.1) is 0 Å². The quantitative estimate of drug-likeness (QED) is 0.856. The van der Waals surface area contributed by atoms with Gasteiger partial charge >= 0.3 is 0 Å². The van der Waals surface area contributed by atoms with Crippen LogP contribution < -0.4 is 5.32 Å². The topological polar surface area (TPSA) is 21.3 Å². The summed E-state index contributed by atoms with van der Waals surface area (Å²) < 4.78 is 4.98. The summed E-state index contributed by atoms with van der Waals surface area (Å²) in [5.74, 6) is 0. The molecule has 0 atom stereocenters. The van der Waals surface area contributed by atoms with Crippen LogP contribution in [0.25, 0.3) is 6.08 Å². The van der Waals surface area contributed by atoms with Crippen LogP contribution >= 0.6 is 23.2 Å². The average molecular weight is 286 g/mol. The van der Waals surface area contributed by atoms with Crippen molar-refractivity contribution < 1.29 is 4.74 Å². The smallest absolute Gasteiger partial charge is 0.0646 e. The molecule has 2 rings (SSSR count). The third kappa shape index (κ3) is 3.99. The fourth-order valence-electron chi connectivity index (χ4n) is 1.72. The van der Waals surface area contributed by atoms with E-state index in [-0.39, 0.29) is 0 Å². The molecule has 1 aliphatic carbocycles. The molecular weight excluding hydrogens is 269 g/mol. The first-order valence-electron chi connectivity index (χ1n) is 6.07. The summed E-state index contributed by atoms with van der Waals surface area (Å²) in [7, 11) is 1.67. The Morgan fingerprint density at radius 2 is 2.17 bits per heavy atom. The van der Waals surface area contributed by atoms with Crippen molar-refractivity contribution in [3.05, 3.63) is 39.4 Å². The van der Waals surface area contributed by atoms with Crippen LogP contribution in [-0.2, 0) is 11.3 Å². The van der Waals surface area contributed by atoms with E-state index in [2.05, 4.69) is 11.4 Å². The second kappa shape index (κ2) is 6.58. The highest BCUT2D eigenvalue weighted by Gasteiger charge is 2.20. The van der Waals surface area contributed by atoms with Gasteiger partial charge < -0.3 is 10.1 Å². The molecule has 0 unspecified atom stereocenters. The largest absolute Gasteiger partial charge is 0.381 e. The average Bonchev–Trinajstić information content (AvgIpc) is 3.16. The highest BCUT2D eigenvalue weighted by atomic mass is 35.5. The van der Waals surface area contributed by atoms with E-state index in [0.29, 0.717) is 22.7 Å². The van der Waals surface area contributed by atoms with Gasteiger partial charge in [-0.3, -0.25) is 0 Å². The van der Waals surface area contributed by atoms with Gasteiger partial charge in [0.25, 0.3) is 0 Å². The molecule has 0 bridgehead atoms. The lowest BCUT2D eigenvalue weighted by molar-refractivity contribution is 0.234. The molecule has 1 aromatic rings. The van der Waals surface area contributed by atoms with Crippen molar-refractivity contribution in [3.8, 4) is 0 Å². The molecule has 18 heavy (non-hydrogen) atoms. The van der Waals surface area contributed by atoms with Crippen molar-refractivity contribution in [2.45, 2.75) is 25.4 Å². The van der Waals surface area contributed by atoms with Gasteiger partial charge in [-0.25, -0.2) is 0 Å². The summed E-state index contributed by atoms with van der Waals surface area (Å²) in [6.07, 6.45) is 6.47. The van der Waals surface area contributed by atoms with Gasteiger partial charge in [-0.15, -0.1) is 0 Å². The number of methoxy groups -OCH3 is 1. The van der Waals surface area contributed by atoms with Gasteiger partial charge in [0.15, 0.2) is 0 Å². The van der Waals surface area contributed by atoms with E-state index in [9.17, 15) is 0 Å². The zero-order valence-electron chi connectivity index (χ0n) is 10.4. The Morgan fingerprint density at radius 1 is 1.39 bits per heavy atom. The first-order chi connectivity index (χ1) is 8.70. The van der Waals surface area contributed by atoms with Crippen molar-refractivity contribution in [1.29, 1.82) is 0 Å². The molecule has 1 saturated carbocycles. The minimum atomic E-state index is 0.593. The summed E-state index contributed by atoms with van der Waals surface area (Å²) in [6, 6.07) is 4.60. The van der Waals surface area contributed by atoms with Gasteiger partial charge in [-0.2, -0.15) is 0 Å². The zero-order valence-corrected chi connectivity index (χ0v) is 11.9. The minimum absolute atomic E-state index is 0.593. The summed E-state index contributed by atoms with van der Waals surface area (Å²) in [6.45, 7) is 1.37. The second-order valence-corrected chi connectivity index (χ2v) is 5.27. The zero-order chi connectivity index (χ0) is 13.0. The van der Waals surface area contributed by atoms with Crippen LogP contribution in [0.1, 0.15) is 24.0 Å². The van der Waals surface area contributed by atoms with Gasteiger partial charge in [0.2, 0.25) is 0 Å². The molecule has 1 fully saturated rings. The molecule has 0 radical (unpaired) electrons. The fraction of sp³-hybridized carbons (Fsp3) is 0.429. The fourth-order valence-corrected chi connectivity index (χ4v) is 2.14. The minimum Gasteiger partial charge on any atom is -0.381 e. The Hall–Kier alpha value is -0.540. The van der Waals surface area contributed by atoms with Crippen molar-refractivity contribution in [2.24, 2.45) is 0 Å². The monoisotopic (exact) mass is 285 g/mol. The summed E-state index contributed by atoms with van der Waals surface area (Å²) in [5, 5.41) is 4.69. The molecule has 0 aromatic heterocycles. The Morgan fingerprint density at radius 3 is 2.83 bits per heavy atom. The lowest BCUT2D eigenvalue weighted by Crippen LogP contribution is -2.15. The third-order valence-corrected chi connectivity index (χ3v) is 3.70. The number of ether oxygens (including phenoxy) is 1. The molecule has 4 heteroatoms. The van der Waals surface area contributed by atoms with Crippen molar-refractivity contribution in [2.75, 3.05) is 13.7 Å². The molecule has 1 aliphatic rings. The Balaban J connectivity index is 2.10. The highest BCUT2D eigenvalue weighted by molar-refractivity contribution is 6.42. The Bertz CT molecular complexity index is 442. The van der Waals surface area contributed by atoms with E-state index in [0.717, 1.165) is 17.7 Å². The Kier molecular flexibility index (Phi) is 5.07. The number of hydrogen-bond acceptors (Lipinski definition) is 2. The molecule has 0 heterocycles. The van der Waals surface area contributed by atoms with E-state index >= 15 is 0 Å². The predicted molar refractivity (Wildman–Crippen MR) is 77.2 cm³/mol. The summed E-state index contributed by atoms with van der Waals surface area (Å²) in [4.78, 5) is 0. The van der Waals surface area contributed by atoms with Gasteiger partial charge in [0.05, 0.1) is 16.7 Å². The van der Waals surface area contributed by atoms with E-state index in [1.165, 1.54) is 12.8 Å². The maximum atomic E-state index is 6.21. The van der Waals surface area contributed by atoms with Crippen LogP contribution in [0.3, 0.4) is 0 Å². The number of benzene rings is 1. The van der Waals surface area contributed by atoms with Crippen LogP contribution in [0.2, 0.25) is 10.0 Å². The SMILES string of the molecule is COCC=Cc1cc(Cl)c(Cl)c(CNC2CC2)c1. The first kappa shape index (κ1) is 13.9. The van der Waals surface area contributed by atoms with Gasteiger partial charge in [0, 0.05) is 19.7 Å². The lowest BCUT2D eigenvalue weighted by atomic mass is 10.1. The molecule has 0 spiro atoms. The van der Waals surface area contributed by atoms with E-state index < -0.39 is 0 Å². The number of rotatable bonds is 6. The van der Waals surface area contributed by atoms with Gasteiger partial charge in [-0.1, -0.05) is 35.4 Å². The molecule has 1 aromatic carbocycles. The molecule has 1 N–H and O–H groups in total. The van der Waals surface area contributed by atoms with Crippen molar-refractivity contribution in [3.63, 3.8) is 0 Å². The van der Waals surface area contributed by atoms with Crippen molar-refractivity contribution >= 4 is 29.3 Å². The summed E-state index contributed by atoms with van der Waals surface area (Å²) >= 11 is 12.3. The van der Waals surface area contributed by atoms with Crippen molar-refractivity contribution in [1.82, 2.24) is 5.32 Å². The van der Waals surface area contributed by atoms with Crippen LogP contribution in [0.5, 0.6) is 0 Å². The van der Waals surface area contributed by atoms with E-state index in [1.807, 2.05) is 18.2 Å². The van der Waals surface area contributed by atoms with Crippen LogP contribution in [0.4, 0.5) is 0 Å². The third-order valence-electron chi connectivity index (χ3n) is 2.86. The maximum absolute atomic E-state index is 6.21.